The van der Waals surface area contributed by atoms with Gasteiger partial charge in [0.2, 0.25) is 15.9 Å². The maximum atomic E-state index is 12.3. The average Bonchev–Trinajstić information content (AvgIpc) is 2.79. The lowest BCUT2D eigenvalue weighted by Gasteiger charge is -2.09. The van der Waals surface area contributed by atoms with Crippen molar-refractivity contribution in [1.82, 2.24) is 15.0 Å². The van der Waals surface area contributed by atoms with Crippen LogP contribution in [0.2, 0.25) is 0 Å². The molecule has 0 bridgehead atoms. The molecule has 2 aromatic rings. The topological polar surface area (TPSA) is 117 Å². The number of carbonyl (C=O) groups is 1. The molecule has 2 rings (SSSR count). The van der Waals surface area contributed by atoms with Crippen LogP contribution in [0.3, 0.4) is 0 Å². The molecule has 0 saturated carbocycles. The maximum Gasteiger partial charge on any atom is 0.243 e. The Kier molecular flexibility index (Phi) is 4.19. The number of amides is 1. The Balaban J connectivity index is 2.22. The van der Waals surface area contributed by atoms with E-state index < -0.39 is 10.0 Å². The number of H-pyrrole nitrogens is 1. The number of anilines is 1. The number of nitrogens with one attached hydrogen (secondary N) is 3. The summed E-state index contributed by atoms with van der Waals surface area (Å²) in [5, 5.41) is 3.11. The number of hydrogen-bond donors (Lipinski definition) is 4. The fourth-order valence-electron chi connectivity index (χ4n) is 1.95. The van der Waals surface area contributed by atoms with Gasteiger partial charge in [0.1, 0.15) is 4.90 Å². The third kappa shape index (κ3) is 3.53. The van der Waals surface area contributed by atoms with Gasteiger partial charge >= 0.3 is 0 Å². The fraction of sp³-hybridized carbons (Fsp3) is 0.308. The van der Waals surface area contributed by atoms with Gasteiger partial charge in [-0.3, -0.25) is 4.79 Å². The van der Waals surface area contributed by atoms with Crippen LogP contribution >= 0.6 is 0 Å². The van der Waals surface area contributed by atoms with E-state index in [2.05, 4.69) is 15.0 Å². The second-order valence-electron chi connectivity index (χ2n) is 5.00. The minimum Gasteiger partial charge on any atom is -0.399 e. The Bertz CT molecular complexity index is 765. The Morgan fingerprint density at radius 3 is 2.76 bits per heavy atom. The molecule has 114 valence electrons. The number of carbonyl (C=O) groups excluding carboxylic acids is 1. The molecule has 21 heavy (non-hydrogen) atoms. The number of benzene rings is 1. The van der Waals surface area contributed by atoms with Gasteiger partial charge in [0.25, 0.3) is 0 Å². The highest BCUT2D eigenvalue weighted by atomic mass is 32.2. The molecule has 5 N–H and O–H groups in total. The molecule has 0 saturated heterocycles. The van der Waals surface area contributed by atoms with E-state index in [0.29, 0.717) is 16.6 Å². The summed E-state index contributed by atoms with van der Waals surface area (Å²) in [6, 6.07) is 4.91. The molecule has 0 radical (unpaired) electrons. The summed E-state index contributed by atoms with van der Waals surface area (Å²) in [5.74, 6) is -0.382. The van der Waals surface area contributed by atoms with Crippen LogP contribution in [0.5, 0.6) is 0 Å². The van der Waals surface area contributed by atoms with Crippen LogP contribution in [-0.4, -0.2) is 31.9 Å². The molecule has 0 spiro atoms. The number of aromatic nitrogens is 1. The van der Waals surface area contributed by atoms with E-state index in [1.165, 1.54) is 6.20 Å². The largest absolute Gasteiger partial charge is 0.399 e. The molecule has 1 aromatic carbocycles. The first-order chi connectivity index (χ1) is 9.79. The monoisotopic (exact) mass is 310 g/mol. The Labute approximate surface area is 123 Å². The summed E-state index contributed by atoms with van der Waals surface area (Å²) < 4.78 is 26.8. The van der Waals surface area contributed by atoms with E-state index in [0.717, 1.165) is 0 Å². The standard InChI is InChI=1S/C13H18N4O3S/c1-8(2)17-13(18)7-16-21(19,20)12-6-15-11-4-3-9(14)5-10(11)12/h3-6,8,15-16H,7,14H2,1-2H3,(H,17,18). The molecule has 0 unspecified atom stereocenters. The molecule has 1 aromatic heterocycles. The minimum atomic E-state index is -3.79. The quantitative estimate of drug-likeness (QED) is 0.603. The lowest BCUT2D eigenvalue weighted by atomic mass is 10.2. The number of nitrogens with two attached hydrogens (primary N) is 1. The van der Waals surface area contributed by atoms with Crippen molar-refractivity contribution in [3.63, 3.8) is 0 Å². The van der Waals surface area contributed by atoms with Crippen molar-refractivity contribution >= 4 is 32.5 Å². The summed E-state index contributed by atoms with van der Waals surface area (Å²) in [6.07, 6.45) is 1.38. The molecular formula is C13H18N4O3S. The first-order valence-electron chi connectivity index (χ1n) is 6.45. The average molecular weight is 310 g/mol. The molecular weight excluding hydrogens is 292 g/mol. The smallest absolute Gasteiger partial charge is 0.243 e. The van der Waals surface area contributed by atoms with Gasteiger partial charge < -0.3 is 16.0 Å². The molecule has 8 heteroatoms. The van der Waals surface area contributed by atoms with Crippen molar-refractivity contribution in [1.29, 1.82) is 0 Å². The maximum absolute atomic E-state index is 12.3. The van der Waals surface area contributed by atoms with E-state index in [-0.39, 0.29) is 23.4 Å². The minimum absolute atomic E-state index is 0.0464. The summed E-state index contributed by atoms with van der Waals surface area (Å²) in [5.41, 5.74) is 6.81. The van der Waals surface area contributed by atoms with Crippen molar-refractivity contribution in [3.8, 4) is 0 Å². The molecule has 0 atom stereocenters. The van der Waals surface area contributed by atoms with Gasteiger partial charge in [0.05, 0.1) is 6.54 Å². The van der Waals surface area contributed by atoms with Crippen LogP contribution in [-0.2, 0) is 14.8 Å². The highest BCUT2D eigenvalue weighted by molar-refractivity contribution is 7.89. The van der Waals surface area contributed by atoms with Crippen LogP contribution < -0.4 is 15.8 Å². The molecule has 7 nitrogen and oxygen atoms in total. The Morgan fingerprint density at radius 1 is 1.38 bits per heavy atom. The molecule has 0 aliphatic rings. The number of fused-ring (bicyclic) bond motifs is 1. The van der Waals surface area contributed by atoms with Crippen molar-refractivity contribution in [2.24, 2.45) is 0 Å². The van der Waals surface area contributed by atoms with Gasteiger partial charge in [-0.1, -0.05) is 0 Å². The van der Waals surface area contributed by atoms with Crippen molar-refractivity contribution in [2.45, 2.75) is 24.8 Å². The number of sulfonamides is 1. The zero-order chi connectivity index (χ0) is 15.6. The predicted molar refractivity (Wildman–Crippen MR) is 81.2 cm³/mol. The number of aromatic amines is 1. The molecule has 1 amide bonds. The third-order valence-electron chi connectivity index (χ3n) is 2.83. The fourth-order valence-corrected chi connectivity index (χ4v) is 3.10. The summed E-state index contributed by atoms with van der Waals surface area (Å²) in [4.78, 5) is 14.5. The lowest BCUT2D eigenvalue weighted by Crippen LogP contribution is -2.39. The van der Waals surface area contributed by atoms with Gasteiger partial charge in [0.15, 0.2) is 0 Å². The summed E-state index contributed by atoms with van der Waals surface area (Å²) in [7, 11) is -3.79. The van der Waals surface area contributed by atoms with Crippen LogP contribution in [0, 0.1) is 0 Å². The van der Waals surface area contributed by atoms with E-state index in [1.807, 2.05) is 0 Å². The SMILES string of the molecule is CC(C)NC(=O)CNS(=O)(=O)c1c[nH]c2ccc(N)cc12. The number of hydrogen-bond acceptors (Lipinski definition) is 4. The van der Waals surface area contributed by atoms with Crippen LogP contribution in [0.4, 0.5) is 5.69 Å². The molecule has 0 aliphatic carbocycles. The van der Waals surface area contributed by atoms with E-state index in [1.54, 1.807) is 32.0 Å². The van der Waals surface area contributed by atoms with Crippen LogP contribution in [0.1, 0.15) is 13.8 Å². The van der Waals surface area contributed by atoms with Crippen LogP contribution in [0.25, 0.3) is 10.9 Å². The zero-order valence-corrected chi connectivity index (χ0v) is 12.6. The molecule has 1 heterocycles. The zero-order valence-electron chi connectivity index (χ0n) is 11.8. The molecule has 0 fully saturated rings. The summed E-state index contributed by atoms with van der Waals surface area (Å²) >= 11 is 0. The van der Waals surface area contributed by atoms with Gasteiger partial charge in [0, 0.05) is 28.8 Å². The lowest BCUT2D eigenvalue weighted by molar-refractivity contribution is -0.120. The Morgan fingerprint density at radius 2 is 2.10 bits per heavy atom. The van der Waals surface area contributed by atoms with Crippen LogP contribution in [0.15, 0.2) is 29.3 Å². The highest BCUT2D eigenvalue weighted by Gasteiger charge is 2.20. The van der Waals surface area contributed by atoms with Crippen molar-refractivity contribution in [2.75, 3.05) is 12.3 Å². The second-order valence-corrected chi connectivity index (χ2v) is 6.74. The van der Waals surface area contributed by atoms with E-state index in [4.69, 9.17) is 5.73 Å². The Hall–Kier alpha value is -2.06. The van der Waals surface area contributed by atoms with Gasteiger partial charge in [-0.05, 0) is 32.0 Å². The third-order valence-corrected chi connectivity index (χ3v) is 4.27. The van der Waals surface area contributed by atoms with Gasteiger partial charge in [-0.15, -0.1) is 0 Å². The van der Waals surface area contributed by atoms with E-state index in [9.17, 15) is 13.2 Å². The summed E-state index contributed by atoms with van der Waals surface area (Å²) in [6.45, 7) is 3.29. The van der Waals surface area contributed by atoms with Crippen molar-refractivity contribution < 1.29 is 13.2 Å². The number of rotatable bonds is 5. The normalized spacial score (nSPS) is 12.0. The highest BCUT2D eigenvalue weighted by Crippen LogP contribution is 2.24. The first kappa shape index (κ1) is 15.3. The predicted octanol–water partition coefficient (Wildman–Crippen LogP) is 0.553. The first-order valence-corrected chi connectivity index (χ1v) is 7.93. The van der Waals surface area contributed by atoms with E-state index >= 15 is 0 Å². The van der Waals surface area contributed by atoms with Crippen molar-refractivity contribution in [3.05, 3.63) is 24.4 Å². The van der Waals surface area contributed by atoms with Gasteiger partial charge in [-0.25, -0.2) is 13.1 Å². The second kappa shape index (κ2) is 5.74. The molecule has 0 aliphatic heterocycles. The van der Waals surface area contributed by atoms with Gasteiger partial charge in [-0.2, -0.15) is 0 Å². The number of nitrogen functional groups attached to an aromatic ring is 1.